The molecule has 1 aromatic heterocycles. The molecule has 0 bridgehead atoms. The fraction of sp³-hybridized carbons (Fsp3) is 0.0769. The summed E-state index contributed by atoms with van der Waals surface area (Å²) >= 11 is 0. The second-order valence-electron chi connectivity index (χ2n) is 3.80. The van der Waals surface area contributed by atoms with Crippen molar-refractivity contribution >= 4 is 17.9 Å². The summed E-state index contributed by atoms with van der Waals surface area (Å²) in [5.41, 5.74) is 0.656. The van der Waals surface area contributed by atoms with Crippen LogP contribution in [0.25, 0.3) is 0 Å². The molecule has 20 heavy (non-hydrogen) atoms. The third-order valence-electron chi connectivity index (χ3n) is 2.33. The fourth-order valence-corrected chi connectivity index (χ4v) is 1.38. The van der Waals surface area contributed by atoms with E-state index in [2.05, 4.69) is 15.5 Å². The number of rotatable bonds is 4. The van der Waals surface area contributed by atoms with Gasteiger partial charge in [-0.2, -0.15) is 0 Å². The predicted molar refractivity (Wildman–Crippen MR) is 69.2 cm³/mol. The number of amides is 1. The zero-order chi connectivity index (χ0) is 14.4. The number of aromatic nitrogens is 2. The largest absolute Gasteiger partial charge is 0.476 e. The van der Waals surface area contributed by atoms with E-state index in [1.807, 2.05) is 30.3 Å². The van der Waals surface area contributed by atoms with E-state index in [9.17, 15) is 9.59 Å². The van der Waals surface area contributed by atoms with Crippen LogP contribution in [0.4, 0.5) is 10.6 Å². The number of hydrogen-bond acceptors (Lipinski definition) is 5. The first kappa shape index (κ1) is 13.5. The van der Waals surface area contributed by atoms with Crippen molar-refractivity contribution in [2.45, 2.75) is 6.61 Å². The van der Waals surface area contributed by atoms with Crippen molar-refractivity contribution in [3.05, 3.63) is 53.7 Å². The van der Waals surface area contributed by atoms with E-state index in [4.69, 9.17) is 9.84 Å². The zero-order valence-corrected chi connectivity index (χ0v) is 10.3. The highest BCUT2D eigenvalue weighted by molar-refractivity contribution is 5.86. The van der Waals surface area contributed by atoms with E-state index < -0.39 is 12.1 Å². The van der Waals surface area contributed by atoms with Crippen molar-refractivity contribution in [1.82, 2.24) is 10.2 Å². The molecule has 0 radical (unpaired) electrons. The number of nitrogens with zero attached hydrogens (tertiary/aromatic N) is 2. The highest BCUT2D eigenvalue weighted by Crippen LogP contribution is 2.05. The van der Waals surface area contributed by atoms with Gasteiger partial charge in [0.15, 0.2) is 11.5 Å². The van der Waals surface area contributed by atoms with Crippen LogP contribution in [-0.4, -0.2) is 27.4 Å². The lowest BCUT2D eigenvalue weighted by Crippen LogP contribution is -2.15. The van der Waals surface area contributed by atoms with Crippen molar-refractivity contribution in [2.24, 2.45) is 0 Å². The van der Waals surface area contributed by atoms with Crippen molar-refractivity contribution in [3.8, 4) is 0 Å². The molecule has 2 aromatic rings. The molecular weight excluding hydrogens is 262 g/mol. The van der Waals surface area contributed by atoms with E-state index in [1.54, 1.807) is 0 Å². The SMILES string of the molecule is O=C(Nc1ccc(C(=O)O)nn1)OCc1ccccc1. The third-order valence-corrected chi connectivity index (χ3v) is 2.33. The Balaban J connectivity index is 1.86. The summed E-state index contributed by atoms with van der Waals surface area (Å²) in [6.07, 6.45) is -0.689. The Bertz CT molecular complexity index is 599. The van der Waals surface area contributed by atoms with Crippen LogP contribution in [0.15, 0.2) is 42.5 Å². The minimum atomic E-state index is -1.18. The Morgan fingerprint density at radius 3 is 2.45 bits per heavy atom. The fourth-order valence-electron chi connectivity index (χ4n) is 1.38. The zero-order valence-electron chi connectivity index (χ0n) is 10.3. The van der Waals surface area contributed by atoms with Gasteiger partial charge in [-0.3, -0.25) is 5.32 Å². The maximum absolute atomic E-state index is 11.5. The highest BCUT2D eigenvalue weighted by Gasteiger charge is 2.08. The molecule has 0 atom stereocenters. The average molecular weight is 273 g/mol. The number of ether oxygens (including phenoxy) is 1. The Hall–Kier alpha value is -2.96. The molecule has 0 fully saturated rings. The quantitative estimate of drug-likeness (QED) is 0.882. The second-order valence-corrected chi connectivity index (χ2v) is 3.80. The Morgan fingerprint density at radius 1 is 1.10 bits per heavy atom. The molecule has 0 saturated carbocycles. The molecule has 0 spiro atoms. The van der Waals surface area contributed by atoms with Crippen molar-refractivity contribution in [1.29, 1.82) is 0 Å². The number of benzene rings is 1. The smallest absolute Gasteiger partial charge is 0.413 e. The van der Waals surface area contributed by atoms with Gasteiger partial charge in [-0.1, -0.05) is 30.3 Å². The number of carboxylic acids is 1. The lowest BCUT2D eigenvalue weighted by molar-refractivity contribution is 0.0689. The van der Waals surface area contributed by atoms with E-state index in [0.29, 0.717) is 0 Å². The van der Waals surface area contributed by atoms with Gasteiger partial charge >= 0.3 is 12.1 Å². The van der Waals surface area contributed by atoms with Gasteiger partial charge in [-0.05, 0) is 17.7 Å². The van der Waals surface area contributed by atoms with Gasteiger partial charge in [0.1, 0.15) is 6.61 Å². The van der Waals surface area contributed by atoms with E-state index >= 15 is 0 Å². The summed E-state index contributed by atoms with van der Waals surface area (Å²) < 4.78 is 4.98. The molecule has 0 aliphatic carbocycles. The second kappa shape index (κ2) is 6.28. The first-order valence-corrected chi connectivity index (χ1v) is 5.70. The molecule has 1 aromatic carbocycles. The van der Waals surface area contributed by atoms with Crippen molar-refractivity contribution in [3.63, 3.8) is 0 Å². The van der Waals surface area contributed by atoms with Crippen LogP contribution in [0.2, 0.25) is 0 Å². The number of aromatic carboxylic acids is 1. The molecule has 0 aliphatic heterocycles. The van der Waals surface area contributed by atoms with Gasteiger partial charge in [0.2, 0.25) is 0 Å². The number of anilines is 1. The summed E-state index contributed by atoms with van der Waals surface area (Å²) in [6, 6.07) is 11.8. The van der Waals surface area contributed by atoms with Crippen LogP contribution >= 0.6 is 0 Å². The topological polar surface area (TPSA) is 101 Å². The standard InChI is InChI=1S/C13H11N3O4/c17-12(18)10-6-7-11(16-15-10)14-13(19)20-8-9-4-2-1-3-5-9/h1-7H,8H2,(H,17,18)(H,14,16,19). The van der Waals surface area contributed by atoms with Crippen LogP contribution in [0, 0.1) is 0 Å². The van der Waals surface area contributed by atoms with Gasteiger partial charge in [-0.15, -0.1) is 10.2 Å². The molecule has 2 N–H and O–H groups in total. The lowest BCUT2D eigenvalue weighted by atomic mass is 10.2. The molecule has 0 aliphatic rings. The number of carboxylic acid groups (broad SMARTS) is 1. The molecule has 102 valence electrons. The first-order valence-electron chi connectivity index (χ1n) is 5.70. The Labute approximate surface area is 114 Å². The number of nitrogens with one attached hydrogen (secondary N) is 1. The van der Waals surface area contributed by atoms with Gasteiger partial charge in [0.25, 0.3) is 0 Å². The predicted octanol–water partition coefficient (Wildman–Crippen LogP) is 1.92. The number of hydrogen-bond donors (Lipinski definition) is 2. The molecule has 1 heterocycles. The van der Waals surface area contributed by atoms with Gasteiger partial charge < -0.3 is 9.84 Å². The summed E-state index contributed by atoms with van der Waals surface area (Å²) in [5.74, 6) is -1.07. The Kier molecular flexibility index (Phi) is 4.23. The first-order chi connectivity index (χ1) is 9.65. The molecule has 0 saturated heterocycles. The lowest BCUT2D eigenvalue weighted by Gasteiger charge is -2.06. The van der Waals surface area contributed by atoms with E-state index in [-0.39, 0.29) is 18.1 Å². The molecule has 7 nitrogen and oxygen atoms in total. The van der Waals surface area contributed by atoms with Gasteiger partial charge in [0.05, 0.1) is 0 Å². The van der Waals surface area contributed by atoms with Crippen LogP contribution in [-0.2, 0) is 11.3 Å². The summed E-state index contributed by atoms with van der Waals surface area (Å²) in [5, 5.41) is 18.0. The molecule has 2 rings (SSSR count). The average Bonchev–Trinajstić information content (AvgIpc) is 2.47. The maximum atomic E-state index is 11.5. The van der Waals surface area contributed by atoms with Crippen molar-refractivity contribution < 1.29 is 19.4 Å². The normalized spacial score (nSPS) is 9.80. The minimum Gasteiger partial charge on any atom is -0.476 e. The van der Waals surface area contributed by atoms with E-state index in [0.717, 1.165) is 5.56 Å². The molecule has 1 amide bonds. The van der Waals surface area contributed by atoms with Crippen molar-refractivity contribution in [2.75, 3.05) is 5.32 Å². The number of carbonyl (C=O) groups is 2. The summed E-state index contributed by atoms with van der Waals surface area (Å²) in [4.78, 5) is 22.1. The Morgan fingerprint density at radius 2 is 1.85 bits per heavy atom. The highest BCUT2D eigenvalue weighted by atomic mass is 16.5. The van der Waals surface area contributed by atoms with Crippen LogP contribution < -0.4 is 5.32 Å². The van der Waals surface area contributed by atoms with E-state index in [1.165, 1.54) is 12.1 Å². The maximum Gasteiger partial charge on any atom is 0.413 e. The van der Waals surface area contributed by atoms with Crippen LogP contribution in [0.1, 0.15) is 16.1 Å². The van der Waals surface area contributed by atoms with Crippen LogP contribution in [0.5, 0.6) is 0 Å². The molecular formula is C13H11N3O4. The molecule has 7 heteroatoms. The number of carbonyl (C=O) groups excluding carboxylic acids is 1. The third kappa shape index (κ3) is 3.77. The van der Waals surface area contributed by atoms with Crippen LogP contribution in [0.3, 0.4) is 0 Å². The summed E-state index contributed by atoms with van der Waals surface area (Å²) in [6.45, 7) is 0.132. The van der Waals surface area contributed by atoms with Gasteiger partial charge in [-0.25, -0.2) is 9.59 Å². The minimum absolute atomic E-state index is 0.119. The molecule has 0 unspecified atom stereocenters. The monoisotopic (exact) mass is 273 g/mol. The summed E-state index contributed by atoms with van der Waals surface area (Å²) in [7, 11) is 0. The van der Waals surface area contributed by atoms with Gasteiger partial charge in [0, 0.05) is 0 Å².